The summed E-state index contributed by atoms with van der Waals surface area (Å²) in [6, 6.07) is 7.31. The van der Waals surface area contributed by atoms with Crippen LogP contribution in [0.2, 0.25) is 0 Å². The van der Waals surface area contributed by atoms with E-state index in [9.17, 15) is 8.42 Å². The summed E-state index contributed by atoms with van der Waals surface area (Å²) in [4.78, 5) is 0. The highest BCUT2D eigenvalue weighted by Crippen LogP contribution is 2.10. The Morgan fingerprint density at radius 1 is 1.40 bits per heavy atom. The van der Waals surface area contributed by atoms with Gasteiger partial charge in [-0.15, -0.1) is 11.6 Å². The summed E-state index contributed by atoms with van der Waals surface area (Å²) >= 11 is 5.42. The predicted molar refractivity (Wildman–Crippen MR) is 64.7 cm³/mol. The fourth-order valence-corrected chi connectivity index (χ4v) is 3.03. The van der Waals surface area contributed by atoms with Crippen LogP contribution in [0.15, 0.2) is 30.8 Å². The van der Waals surface area contributed by atoms with E-state index in [0.29, 0.717) is 0 Å². The first-order valence-electron chi connectivity index (χ1n) is 4.55. The Kier molecular flexibility index (Phi) is 4.36. The van der Waals surface area contributed by atoms with Crippen molar-refractivity contribution in [1.82, 2.24) is 0 Å². The van der Waals surface area contributed by atoms with Crippen molar-refractivity contribution in [3.63, 3.8) is 0 Å². The molecule has 0 heterocycles. The molecule has 1 aromatic carbocycles. The zero-order valence-electron chi connectivity index (χ0n) is 8.32. The average Bonchev–Trinajstić information content (AvgIpc) is 2.17. The lowest BCUT2D eigenvalue weighted by atomic mass is 10.1. The summed E-state index contributed by atoms with van der Waals surface area (Å²) in [7, 11) is -3.08. The molecule has 0 atom stereocenters. The smallest absolute Gasteiger partial charge is 0.155 e. The highest BCUT2D eigenvalue weighted by atomic mass is 35.5. The monoisotopic (exact) mass is 244 g/mol. The number of rotatable bonds is 5. The molecule has 0 radical (unpaired) electrons. The quantitative estimate of drug-likeness (QED) is 0.746. The summed E-state index contributed by atoms with van der Waals surface area (Å²) < 4.78 is 23.0. The van der Waals surface area contributed by atoms with Crippen molar-refractivity contribution in [3.05, 3.63) is 42.0 Å². The molecule has 1 rings (SSSR count). The molecular weight excluding hydrogens is 232 g/mol. The van der Waals surface area contributed by atoms with Crippen LogP contribution < -0.4 is 0 Å². The first kappa shape index (κ1) is 12.3. The van der Waals surface area contributed by atoms with Crippen LogP contribution in [0.5, 0.6) is 0 Å². The maximum absolute atomic E-state index is 11.5. The van der Waals surface area contributed by atoms with E-state index in [0.717, 1.165) is 11.1 Å². The van der Waals surface area contributed by atoms with E-state index in [2.05, 4.69) is 6.58 Å². The van der Waals surface area contributed by atoms with Gasteiger partial charge >= 0.3 is 0 Å². The molecule has 0 saturated carbocycles. The molecule has 0 aliphatic heterocycles. The second-order valence-electron chi connectivity index (χ2n) is 3.23. The summed E-state index contributed by atoms with van der Waals surface area (Å²) in [6.07, 6.45) is 1.69. The molecule has 15 heavy (non-hydrogen) atoms. The largest absolute Gasteiger partial charge is 0.228 e. The molecule has 4 heteroatoms. The molecule has 2 nitrogen and oxygen atoms in total. The molecule has 0 aromatic heterocycles. The molecule has 0 spiro atoms. The normalized spacial score (nSPS) is 11.3. The minimum absolute atomic E-state index is 0.0207. The summed E-state index contributed by atoms with van der Waals surface area (Å²) in [5, 5.41) is 0. The van der Waals surface area contributed by atoms with Gasteiger partial charge in [0.2, 0.25) is 0 Å². The van der Waals surface area contributed by atoms with Crippen molar-refractivity contribution in [3.8, 4) is 0 Å². The fourth-order valence-electron chi connectivity index (χ4n) is 1.25. The molecule has 0 aliphatic carbocycles. The van der Waals surface area contributed by atoms with Gasteiger partial charge in [-0.05, 0) is 11.1 Å². The summed E-state index contributed by atoms with van der Waals surface area (Å²) in [5.41, 5.74) is 1.70. The maximum atomic E-state index is 11.5. The zero-order chi connectivity index (χ0) is 11.3. The Hall–Kier alpha value is -0.800. The van der Waals surface area contributed by atoms with E-state index in [-0.39, 0.29) is 17.4 Å². The first-order chi connectivity index (χ1) is 7.07. The molecule has 0 N–H and O–H groups in total. The lowest BCUT2D eigenvalue weighted by molar-refractivity contribution is 0.596. The fraction of sp³-hybridized carbons (Fsp3) is 0.273. The van der Waals surface area contributed by atoms with Gasteiger partial charge in [0.15, 0.2) is 9.84 Å². The Labute approximate surface area is 95.5 Å². The Morgan fingerprint density at radius 3 is 2.73 bits per heavy atom. The third-order valence-electron chi connectivity index (χ3n) is 1.96. The van der Waals surface area contributed by atoms with Crippen LogP contribution in [0.1, 0.15) is 11.1 Å². The van der Waals surface area contributed by atoms with E-state index >= 15 is 0 Å². The molecule has 1 aromatic rings. The summed E-state index contributed by atoms with van der Waals surface area (Å²) in [6.45, 7) is 3.63. The SMILES string of the molecule is C=Cc1cccc(CS(=O)(=O)CCCl)c1. The number of halogens is 1. The molecule has 0 bridgehead atoms. The highest BCUT2D eigenvalue weighted by molar-refractivity contribution is 7.90. The average molecular weight is 245 g/mol. The number of sulfone groups is 1. The Morgan fingerprint density at radius 2 is 2.13 bits per heavy atom. The molecule has 0 fully saturated rings. The van der Waals surface area contributed by atoms with Gasteiger partial charge in [-0.1, -0.05) is 36.9 Å². The van der Waals surface area contributed by atoms with E-state index in [4.69, 9.17) is 11.6 Å². The van der Waals surface area contributed by atoms with Crippen molar-refractivity contribution in [2.24, 2.45) is 0 Å². The maximum Gasteiger partial charge on any atom is 0.155 e. The van der Waals surface area contributed by atoms with Crippen LogP contribution in [0.25, 0.3) is 6.08 Å². The predicted octanol–water partition coefficient (Wildman–Crippen LogP) is 2.48. The van der Waals surface area contributed by atoms with Crippen molar-refractivity contribution in [2.75, 3.05) is 11.6 Å². The van der Waals surface area contributed by atoms with Gasteiger partial charge in [0.25, 0.3) is 0 Å². The van der Waals surface area contributed by atoms with Gasteiger partial charge in [-0.2, -0.15) is 0 Å². The van der Waals surface area contributed by atoms with Gasteiger partial charge in [0.1, 0.15) is 0 Å². The van der Waals surface area contributed by atoms with Crippen molar-refractivity contribution >= 4 is 27.5 Å². The molecule has 0 unspecified atom stereocenters. The van der Waals surface area contributed by atoms with E-state index < -0.39 is 9.84 Å². The minimum atomic E-state index is -3.08. The van der Waals surface area contributed by atoms with Crippen LogP contribution in [-0.2, 0) is 15.6 Å². The standard InChI is InChI=1S/C11H13ClO2S/c1-2-10-4-3-5-11(8-10)9-15(13,14)7-6-12/h2-5,8H,1,6-7,9H2. The van der Waals surface area contributed by atoms with Gasteiger partial charge in [0, 0.05) is 5.88 Å². The lowest BCUT2D eigenvalue weighted by Crippen LogP contribution is -2.10. The van der Waals surface area contributed by atoms with Crippen molar-refractivity contribution in [1.29, 1.82) is 0 Å². The number of alkyl halides is 1. The number of benzene rings is 1. The van der Waals surface area contributed by atoms with E-state index in [1.807, 2.05) is 18.2 Å². The van der Waals surface area contributed by atoms with Crippen LogP contribution in [0.4, 0.5) is 0 Å². The van der Waals surface area contributed by atoms with Crippen molar-refractivity contribution in [2.45, 2.75) is 5.75 Å². The van der Waals surface area contributed by atoms with Crippen molar-refractivity contribution < 1.29 is 8.42 Å². The first-order valence-corrected chi connectivity index (χ1v) is 6.91. The van der Waals surface area contributed by atoms with E-state index in [1.165, 1.54) is 0 Å². The second kappa shape index (κ2) is 5.33. The Bertz CT molecular complexity index is 438. The van der Waals surface area contributed by atoms with Gasteiger partial charge in [-0.25, -0.2) is 8.42 Å². The minimum Gasteiger partial charge on any atom is -0.228 e. The van der Waals surface area contributed by atoms with Gasteiger partial charge in [0.05, 0.1) is 11.5 Å². The van der Waals surface area contributed by atoms with Crippen LogP contribution in [-0.4, -0.2) is 20.1 Å². The second-order valence-corrected chi connectivity index (χ2v) is 5.79. The zero-order valence-corrected chi connectivity index (χ0v) is 9.89. The van der Waals surface area contributed by atoms with Crippen LogP contribution >= 0.6 is 11.6 Å². The lowest BCUT2D eigenvalue weighted by Gasteiger charge is -2.03. The number of hydrogen-bond acceptors (Lipinski definition) is 2. The third kappa shape index (κ3) is 4.06. The summed E-state index contributed by atoms with van der Waals surface area (Å²) in [5.74, 6) is 0.206. The van der Waals surface area contributed by atoms with Gasteiger partial charge in [-0.3, -0.25) is 0 Å². The Balaban J connectivity index is 2.85. The third-order valence-corrected chi connectivity index (χ3v) is 3.97. The number of hydrogen-bond donors (Lipinski definition) is 0. The topological polar surface area (TPSA) is 34.1 Å². The molecule has 0 aliphatic rings. The van der Waals surface area contributed by atoms with Crippen LogP contribution in [0.3, 0.4) is 0 Å². The molecule has 0 saturated heterocycles. The highest BCUT2D eigenvalue weighted by Gasteiger charge is 2.10. The van der Waals surface area contributed by atoms with Crippen LogP contribution in [0, 0.1) is 0 Å². The van der Waals surface area contributed by atoms with E-state index in [1.54, 1.807) is 12.1 Å². The molecule has 82 valence electrons. The molecular formula is C11H13ClO2S. The molecule has 0 amide bonds. The van der Waals surface area contributed by atoms with Gasteiger partial charge < -0.3 is 0 Å².